The van der Waals surface area contributed by atoms with Gasteiger partial charge in [0.25, 0.3) is 5.91 Å². The minimum atomic E-state index is -1.02. The van der Waals surface area contributed by atoms with E-state index in [-0.39, 0.29) is 29.8 Å². The van der Waals surface area contributed by atoms with Gasteiger partial charge in [-0.3, -0.25) is 19.1 Å². The average molecular weight is 378 g/mol. The third-order valence-electron chi connectivity index (χ3n) is 5.00. The third kappa shape index (κ3) is 5.08. The lowest BCUT2D eigenvalue weighted by molar-refractivity contribution is -0.145. The minimum Gasteiger partial charge on any atom is -0.480 e. The monoisotopic (exact) mass is 378 g/mol. The maximum Gasteiger partial charge on any atom is 0.323 e. The number of aryl methyl sites for hydroxylation is 1. The topological polar surface area (TPSA) is 95.7 Å². The number of likely N-dealkylation sites (tertiary alicyclic amines) is 1. The Bertz CT molecular complexity index is 720. The van der Waals surface area contributed by atoms with E-state index >= 15 is 0 Å². The minimum absolute atomic E-state index is 0.0752. The van der Waals surface area contributed by atoms with Crippen LogP contribution >= 0.6 is 0 Å². The number of rotatable bonds is 4. The molecule has 1 aromatic rings. The summed E-state index contributed by atoms with van der Waals surface area (Å²) in [5.41, 5.74) is 1.27. The Morgan fingerprint density at radius 2 is 1.93 bits per heavy atom. The summed E-state index contributed by atoms with van der Waals surface area (Å²) in [6.45, 7) is 8.33. The quantitative estimate of drug-likeness (QED) is 0.859. The fraction of sp³-hybridized carbons (Fsp3) is 0.684. The van der Waals surface area contributed by atoms with Gasteiger partial charge in [0.2, 0.25) is 5.91 Å². The molecule has 0 saturated carbocycles. The molecular formula is C19H30N4O4. The molecule has 0 spiro atoms. The normalized spacial score (nSPS) is 18.1. The summed E-state index contributed by atoms with van der Waals surface area (Å²) in [6, 6.07) is 1.69. The lowest BCUT2D eigenvalue weighted by Gasteiger charge is -2.28. The summed E-state index contributed by atoms with van der Waals surface area (Å²) < 4.78 is 1.62. The summed E-state index contributed by atoms with van der Waals surface area (Å²) in [5, 5.41) is 13.5. The number of carbonyl (C=O) groups is 3. The third-order valence-corrected chi connectivity index (χ3v) is 5.00. The number of nitrogens with zero attached hydrogens (tertiary/aromatic N) is 4. The maximum atomic E-state index is 13.0. The van der Waals surface area contributed by atoms with Crippen LogP contribution < -0.4 is 0 Å². The molecule has 2 amide bonds. The van der Waals surface area contributed by atoms with Crippen molar-refractivity contribution in [1.82, 2.24) is 19.6 Å². The summed E-state index contributed by atoms with van der Waals surface area (Å²) in [5.74, 6) is -1.34. The van der Waals surface area contributed by atoms with E-state index in [4.69, 9.17) is 5.11 Å². The Hall–Kier alpha value is -2.38. The molecule has 0 aromatic carbocycles. The van der Waals surface area contributed by atoms with E-state index in [9.17, 15) is 14.4 Å². The molecule has 1 aromatic heterocycles. The Morgan fingerprint density at radius 1 is 1.26 bits per heavy atom. The number of hydrogen-bond acceptors (Lipinski definition) is 4. The first-order valence-electron chi connectivity index (χ1n) is 9.33. The van der Waals surface area contributed by atoms with Crippen molar-refractivity contribution in [3.05, 3.63) is 17.5 Å². The van der Waals surface area contributed by atoms with Crippen LogP contribution in [0.25, 0.3) is 0 Å². The molecule has 2 rings (SSSR count). The Morgan fingerprint density at radius 3 is 2.44 bits per heavy atom. The van der Waals surface area contributed by atoms with Crippen LogP contribution in [0.3, 0.4) is 0 Å². The van der Waals surface area contributed by atoms with Crippen LogP contribution in [0.15, 0.2) is 6.07 Å². The highest BCUT2D eigenvalue weighted by atomic mass is 16.4. The average Bonchev–Trinajstić information content (AvgIpc) is 2.79. The second-order valence-electron chi connectivity index (χ2n) is 8.21. The summed E-state index contributed by atoms with van der Waals surface area (Å²) >= 11 is 0. The van der Waals surface area contributed by atoms with E-state index in [1.807, 2.05) is 6.07 Å². The van der Waals surface area contributed by atoms with Crippen molar-refractivity contribution >= 4 is 17.8 Å². The summed E-state index contributed by atoms with van der Waals surface area (Å²) in [7, 11) is 1.77. The number of aromatic nitrogens is 2. The highest BCUT2D eigenvalue weighted by molar-refractivity contribution is 5.92. The Balaban J connectivity index is 2.11. The van der Waals surface area contributed by atoms with Crippen LogP contribution in [0.5, 0.6) is 0 Å². The van der Waals surface area contributed by atoms with E-state index < -0.39 is 5.97 Å². The van der Waals surface area contributed by atoms with Gasteiger partial charge in [-0.15, -0.1) is 0 Å². The number of carboxylic acids is 1. The van der Waals surface area contributed by atoms with Gasteiger partial charge < -0.3 is 14.9 Å². The largest absolute Gasteiger partial charge is 0.480 e. The van der Waals surface area contributed by atoms with E-state index in [2.05, 4.69) is 25.9 Å². The lowest BCUT2D eigenvalue weighted by atomic mass is 9.92. The first-order chi connectivity index (χ1) is 12.5. The predicted molar refractivity (Wildman–Crippen MR) is 100 cm³/mol. The first-order valence-corrected chi connectivity index (χ1v) is 9.33. The van der Waals surface area contributed by atoms with Gasteiger partial charge in [-0.1, -0.05) is 20.8 Å². The smallest absolute Gasteiger partial charge is 0.323 e. The molecule has 1 fully saturated rings. The van der Waals surface area contributed by atoms with Crippen molar-refractivity contribution in [2.75, 3.05) is 19.6 Å². The van der Waals surface area contributed by atoms with Crippen LogP contribution in [0.2, 0.25) is 0 Å². The molecule has 1 saturated heterocycles. The van der Waals surface area contributed by atoms with Crippen molar-refractivity contribution in [3.8, 4) is 0 Å². The van der Waals surface area contributed by atoms with Crippen molar-refractivity contribution in [2.45, 2.75) is 58.4 Å². The Labute approximate surface area is 160 Å². The van der Waals surface area contributed by atoms with Gasteiger partial charge >= 0.3 is 5.97 Å². The van der Waals surface area contributed by atoms with Crippen molar-refractivity contribution < 1.29 is 19.5 Å². The van der Waals surface area contributed by atoms with Gasteiger partial charge in [0, 0.05) is 38.5 Å². The zero-order valence-corrected chi connectivity index (χ0v) is 16.9. The van der Waals surface area contributed by atoms with E-state index in [1.54, 1.807) is 16.6 Å². The molecule has 150 valence electrons. The number of amides is 2. The number of carboxylic acid groups (broad SMARTS) is 1. The Kier molecular flexibility index (Phi) is 6.28. The molecule has 0 radical (unpaired) electrons. The number of hydrogen-bond donors (Lipinski definition) is 1. The highest BCUT2D eigenvalue weighted by Crippen LogP contribution is 2.23. The van der Waals surface area contributed by atoms with E-state index in [0.29, 0.717) is 31.6 Å². The van der Waals surface area contributed by atoms with Crippen molar-refractivity contribution in [1.29, 1.82) is 0 Å². The standard InChI is InChI=1S/C19H30N4O4/c1-13(24)23(12-17(25)26)14-7-6-9-22(10-8-14)18(27)15-11-16(19(2,3)4)20-21(15)5/h11,14H,6-10,12H2,1-5H3,(H,25,26). The number of carbonyl (C=O) groups excluding carboxylic acids is 2. The van der Waals surface area contributed by atoms with Gasteiger partial charge in [-0.2, -0.15) is 5.10 Å². The SMILES string of the molecule is CC(=O)N(CC(=O)O)C1CCCN(C(=O)c2cc(C(C)(C)C)nn2C)CC1. The van der Waals surface area contributed by atoms with Crippen LogP contribution in [-0.4, -0.2) is 68.1 Å². The van der Waals surface area contributed by atoms with Gasteiger partial charge in [0.05, 0.1) is 5.69 Å². The zero-order chi connectivity index (χ0) is 20.4. The van der Waals surface area contributed by atoms with Gasteiger partial charge in [-0.05, 0) is 25.3 Å². The van der Waals surface area contributed by atoms with E-state index in [1.165, 1.54) is 11.8 Å². The van der Waals surface area contributed by atoms with Crippen molar-refractivity contribution in [2.24, 2.45) is 7.05 Å². The number of aliphatic carboxylic acids is 1. The first kappa shape index (κ1) is 20.9. The van der Waals surface area contributed by atoms with Gasteiger partial charge in [0.15, 0.2) is 0 Å². The van der Waals surface area contributed by atoms with Crippen LogP contribution in [-0.2, 0) is 22.1 Å². The molecule has 2 heterocycles. The molecule has 1 unspecified atom stereocenters. The fourth-order valence-corrected chi connectivity index (χ4v) is 3.43. The zero-order valence-electron chi connectivity index (χ0n) is 16.9. The van der Waals surface area contributed by atoms with Crippen LogP contribution in [0, 0.1) is 0 Å². The molecule has 8 heteroatoms. The van der Waals surface area contributed by atoms with Crippen LogP contribution in [0.4, 0.5) is 0 Å². The molecule has 27 heavy (non-hydrogen) atoms. The summed E-state index contributed by atoms with van der Waals surface area (Å²) in [4.78, 5) is 39.1. The van der Waals surface area contributed by atoms with Gasteiger partial charge in [0.1, 0.15) is 12.2 Å². The molecule has 0 bridgehead atoms. The molecule has 1 atom stereocenters. The second kappa shape index (κ2) is 8.10. The van der Waals surface area contributed by atoms with E-state index in [0.717, 1.165) is 12.1 Å². The molecule has 1 aliphatic heterocycles. The predicted octanol–water partition coefficient (Wildman–Crippen LogP) is 1.65. The maximum absolute atomic E-state index is 13.0. The molecular weight excluding hydrogens is 348 g/mol. The van der Waals surface area contributed by atoms with Crippen LogP contribution in [0.1, 0.15) is 63.1 Å². The fourth-order valence-electron chi connectivity index (χ4n) is 3.43. The lowest BCUT2D eigenvalue weighted by Crippen LogP contribution is -2.43. The molecule has 1 aliphatic rings. The summed E-state index contributed by atoms with van der Waals surface area (Å²) in [6.07, 6.45) is 1.99. The molecule has 1 N–H and O–H groups in total. The van der Waals surface area contributed by atoms with Gasteiger partial charge in [-0.25, -0.2) is 0 Å². The highest BCUT2D eigenvalue weighted by Gasteiger charge is 2.29. The molecule has 0 aliphatic carbocycles. The molecule has 8 nitrogen and oxygen atoms in total. The second-order valence-corrected chi connectivity index (χ2v) is 8.21. The van der Waals surface area contributed by atoms with Crippen molar-refractivity contribution in [3.63, 3.8) is 0 Å².